The van der Waals surface area contributed by atoms with Crippen LogP contribution in [0.3, 0.4) is 0 Å². The molecule has 0 fully saturated rings. The first-order valence-corrected chi connectivity index (χ1v) is 8.98. The number of quaternary nitrogens is 1. The monoisotopic (exact) mass is 389 g/mol. The molecule has 136 valence electrons. The molecule has 1 amide bonds. The van der Waals surface area contributed by atoms with E-state index in [1.807, 2.05) is 19.2 Å². The van der Waals surface area contributed by atoms with Gasteiger partial charge in [0.1, 0.15) is 12.3 Å². The molecule has 1 aromatic heterocycles. The van der Waals surface area contributed by atoms with Crippen molar-refractivity contribution in [3.8, 4) is 5.75 Å². The summed E-state index contributed by atoms with van der Waals surface area (Å²) in [6.07, 6.45) is 0.625. The van der Waals surface area contributed by atoms with Crippen LogP contribution in [0, 0.1) is 0 Å². The second kappa shape index (κ2) is 9.70. The van der Waals surface area contributed by atoms with Crippen molar-refractivity contribution in [2.75, 3.05) is 20.1 Å². The Bertz CT molecular complexity index is 680. The van der Waals surface area contributed by atoms with E-state index >= 15 is 0 Å². The van der Waals surface area contributed by atoms with Gasteiger partial charge in [0.25, 0.3) is 5.91 Å². The lowest BCUT2D eigenvalue weighted by Gasteiger charge is -2.13. The number of likely N-dealkylation sites (N-methyl/N-ethyl adjacent to an activating group) is 1. The maximum absolute atomic E-state index is 12.1. The molecule has 2 N–H and O–H groups in total. The Morgan fingerprint density at radius 2 is 2.00 bits per heavy atom. The van der Waals surface area contributed by atoms with Crippen molar-refractivity contribution in [1.82, 2.24) is 5.32 Å². The van der Waals surface area contributed by atoms with Crippen molar-refractivity contribution < 1.29 is 23.2 Å². The third-order valence-electron chi connectivity index (χ3n) is 3.45. The van der Waals surface area contributed by atoms with Gasteiger partial charge >= 0.3 is 6.61 Å². The first-order valence-electron chi connectivity index (χ1n) is 7.78. The molecule has 0 radical (unpaired) electrons. The Hall–Kier alpha value is -1.70. The molecule has 4 nitrogen and oxygen atoms in total. The zero-order valence-electron chi connectivity index (χ0n) is 13.7. The molecule has 2 rings (SSSR count). The van der Waals surface area contributed by atoms with Gasteiger partial charge < -0.3 is 15.0 Å². The Morgan fingerprint density at radius 1 is 1.28 bits per heavy atom. The number of alkyl halides is 2. The molecule has 0 saturated carbocycles. The summed E-state index contributed by atoms with van der Waals surface area (Å²) >= 11 is 7.41. The quantitative estimate of drug-likeness (QED) is 0.691. The fourth-order valence-corrected chi connectivity index (χ4v) is 3.53. The molecule has 2 aromatic rings. The van der Waals surface area contributed by atoms with Crippen molar-refractivity contribution in [3.63, 3.8) is 0 Å². The predicted molar refractivity (Wildman–Crippen MR) is 94.6 cm³/mol. The van der Waals surface area contributed by atoms with Gasteiger partial charge in [0.05, 0.1) is 16.3 Å². The molecule has 1 aromatic carbocycles. The Kier molecular flexibility index (Phi) is 7.61. The third kappa shape index (κ3) is 7.37. The Morgan fingerprint density at radius 3 is 2.60 bits per heavy atom. The first kappa shape index (κ1) is 19.6. The molecule has 1 unspecified atom stereocenters. The number of hydrogen-bond acceptors (Lipinski definition) is 3. The molecule has 1 heterocycles. The van der Waals surface area contributed by atoms with Crippen molar-refractivity contribution in [2.24, 2.45) is 0 Å². The van der Waals surface area contributed by atoms with Crippen LogP contribution >= 0.6 is 22.9 Å². The number of hydrogen-bond donors (Lipinski definition) is 2. The summed E-state index contributed by atoms with van der Waals surface area (Å²) in [5.74, 6) is 0.0968. The highest BCUT2D eigenvalue weighted by Gasteiger charge is 2.11. The molecule has 0 bridgehead atoms. The second-order valence-corrected chi connectivity index (χ2v) is 7.44. The number of ether oxygens (including phenoxy) is 1. The molecule has 8 heteroatoms. The fourth-order valence-electron chi connectivity index (χ4n) is 2.33. The first-order chi connectivity index (χ1) is 11.9. The molecule has 0 aliphatic carbocycles. The summed E-state index contributed by atoms with van der Waals surface area (Å²) in [7, 11) is 1.95. The molecular weight excluding hydrogens is 370 g/mol. The number of halogens is 3. The number of thiophene rings is 1. The van der Waals surface area contributed by atoms with E-state index in [1.165, 1.54) is 23.5 Å². The van der Waals surface area contributed by atoms with Gasteiger partial charge in [0.2, 0.25) is 0 Å². The summed E-state index contributed by atoms with van der Waals surface area (Å²) in [6.45, 7) is -1.21. The Labute approximate surface area is 154 Å². The van der Waals surface area contributed by atoms with Gasteiger partial charge in [-0.3, -0.25) is 4.79 Å². The van der Waals surface area contributed by atoms with Crippen LogP contribution in [-0.2, 0) is 17.8 Å². The zero-order chi connectivity index (χ0) is 18.2. The van der Waals surface area contributed by atoms with E-state index in [1.54, 1.807) is 12.1 Å². The maximum Gasteiger partial charge on any atom is 0.387 e. The predicted octanol–water partition coefficient (Wildman–Crippen LogP) is 2.38. The summed E-state index contributed by atoms with van der Waals surface area (Å²) in [5, 5.41) is 2.87. The van der Waals surface area contributed by atoms with Gasteiger partial charge in [-0.2, -0.15) is 8.78 Å². The summed E-state index contributed by atoms with van der Waals surface area (Å²) in [4.78, 5) is 14.2. The van der Waals surface area contributed by atoms with E-state index in [4.69, 9.17) is 11.6 Å². The minimum atomic E-state index is -2.82. The highest BCUT2D eigenvalue weighted by molar-refractivity contribution is 7.16. The number of nitrogens with one attached hydrogen (secondary N) is 2. The molecule has 1 atom stereocenters. The van der Waals surface area contributed by atoms with Gasteiger partial charge in [0.15, 0.2) is 6.54 Å². The summed E-state index contributed by atoms with van der Waals surface area (Å²) in [6, 6.07) is 10.2. The van der Waals surface area contributed by atoms with Crippen LogP contribution < -0.4 is 15.0 Å². The lowest BCUT2D eigenvalue weighted by atomic mass is 10.1. The van der Waals surface area contributed by atoms with E-state index in [-0.39, 0.29) is 11.7 Å². The van der Waals surface area contributed by atoms with E-state index in [2.05, 4.69) is 10.1 Å². The standard InChI is InChI=1S/C17H19ClF2N2O2S/c1-22(10-14-6-7-15(18)25-14)11-16(23)21-9-8-12-2-4-13(5-3-12)24-17(19)20/h2-7,17H,8-11H2,1H3,(H,21,23)/p+1. The van der Waals surface area contributed by atoms with Crippen molar-refractivity contribution in [1.29, 1.82) is 0 Å². The van der Waals surface area contributed by atoms with Crippen molar-refractivity contribution in [2.45, 2.75) is 19.6 Å². The van der Waals surface area contributed by atoms with E-state index < -0.39 is 6.61 Å². The van der Waals surface area contributed by atoms with E-state index in [9.17, 15) is 13.6 Å². The molecular formula is C17H20ClF2N2O2S+. The van der Waals surface area contributed by atoms with E-state index in [0.717, 1.165) is 26.2 Å². The van der Waals surface area contributed by atoms with E-state index in [0.29, 0.717) is 19.5 Å². The summed E-state index contributed by atoms with van der Waals surface area (Å²) < 4.78 is 29.2. The van der Waals surface area contributed by atoms with Gasteiger partial charge in [-0.15, -0.1) is 11.3 Å². The molecule has 0 saturated heterocycles. The Balaban J connectivity index is 1.67. The largest absolute Gasteiger partial charge is 0.435 e. The fraction of sp³-hybridized carbons (Fsp3) is 0.353. The highest BCUT2D eigenvalue weighted by atomic mass is 35.5. The number of carbonyl (C=O) groups is 1. The van der Waals surface area contributed by atoms with Crippen LogP contribution in [0.2, 0.25) is 4.34 Å². The molecule has 0 spiro atoms. The van der Waals surface area contributed by atoms with Gasteiger partial charge in [0, 0.05) is 6.54 Å². The lowest BCUT2D eigenvalue weighted by Crippen LogP contribution is -3.08. The van der Waals surface area contributed by atoms with Crippen LogP contribution in [0.4, 0.5) is 8.78 Å². The third-order valence-corrected chi connectivity index (χ3v) is 4.68. The topological polar surface area (TPSA) is 42.8 Å². The lowest BCUT2D eigenvalue weighted by molar-refractivity contribution is -0.885. The van der Waals surface area contributed by atoms with Crippen molar-refractivity contribution >= 4 is 28.8 Å². The summed E-state index contributed by atoms with van der Waals surface area (Å²) in [5.41, 5.74) is 0.941. The van der Waals surface area contributed by atoms with Gasteiger partial charge in [-0.05, 0) is 36.2 Å². The molecule has 0 aliphatic heterocycles. The SMILES string of the molecule is C[NH+](CC(=O)NCCc1ccc(OC(F)F)cc1)Cc1ccc(Cl)s1. The van der Waals surface area contributed by atoms with Crippen LogP contribution in [0.25, 0.3) is 0 Å². The second-order valence-electron chi connectivity index (χ2n) is 5.64. The maximum atomic E-state index is 12.1. The van der Waals surface area contributed by atoms with Crippen LogP contribution in [-0.4, -0.2) is 32.7 Å². The van der Waals surface area contributed by atoms with Crippen LogP contribution in [0.5, 0.6) is 5.75 Å². The molecule has 25 heavy (non-hydrogen) atoms. The minimum absolute atomic E-state index is 0.0298. The number of rotatable bonds is 9. The number of benzene rings is 1. The van der Waals surface area contributed by atoms with Crippen LogP contribution in [0.1, 0.15) is 10.4 Å². The smallest absolute Gasteiger partial charge is 0.387 e. The van der Waals surface area contributed by atoms with Crippen molar-refractivity contribution in [3.05, 3.63) is 51.2 Å². The minimum Gasteiger partial charge on any atom is -0.435 e. The zero-order valence-corrected chi connectivity index (χ0v) is 15.3. The average Bonchev–Trinajstić information content (AvgIpc) is 2.93. The molecule has 0 aliphatic rings. The van der Waals surface area contributed by atoms with Crippen LogP contribution in [0.15, 0.2) is 36.4 Å². The highest BCUT2D eigenvalue weighted by Crippen LogP contribution is 2.20. The normalized spacial score (nSPS) is 12.2. The average molecular weight is 390 g/mol. The number of amides is 1. The van der Waals surface area contributed by atoms with Gasteiger partial charge in [-0.25, -0.2) is 0 Å². The number of carbonyl (C=O) groups excluding carboxylic acids is 1. The van der Waals surface area contributed by atoms with Gasteiger partial charge in [-0.1, -0.05) is 23.7 Å².